The summed E-state index contributed by atoms with van der Waals surface area (Å²) in [6.45, 7) is 2.47. The normalized spacial score (nSPS) is 16.0. The van der Waals surface area contributed by atoms with Gasteiger partial charge in [0.05, 0.1) is 11.7 Å². The highest BCUT2D eigenvalue weighted by molar-refractivity contribution is 6.30. The Morgan fingerprint density at radius 3 is 2.71 bits per heavy atom. The average Bonchev–Trinajstić information content (AvgIpc) is 3.41. The van der Waals surface area contributed by atoms with Crippen molar-refractivity contribution in [2.24, 2.45) is 0 Å². The maximum atomic E-state index is 13.1. The largest absolute Gasteiger partial charge is 0.347 e. The van der Waals surface area contributed by atoms with E-state index >= 15 is 0 Å². The van der Waals surface area contributed by atoms with E-state index in [9.17, 15) is 4.79 Å². The molecule has 0 aliphatic carbocycles. The van der Waals surface area contributed by atoms with Crippen LogP contribution >= 0.6 is 11.6 Å². The SMILES string of the molecule is Cc1noc(CCC(=O)N2CCC[C@H]2c2nc(N(C)C)ncc2-c2ccc(Cl)cc2)n1. The summed E-state index contributed by atoms with van der Waals surface area (Å²) in [5.41, 5.74) is 2.75. The van der Waals surface area contributed by atoms with Gasteiger partial charge in [0.2, 0.25) is 17.7 Å². The molecule has 31 heavy (non-hydrogen) atoms. The van der Waals surface area contributed by atoms with Crippen molar-refractivity contribution in [2.45, 2.75) is 38.6 Å². The zero-order valence-electron chi connectivity index (χ0n) is 17.9. The van der Waals surface area contributed by atoms with Crippen LogP contribution in [-0.4, -0.2) is 51.6 Å². The number of aromatic nitrogens is 4. The summed E-state index contributed by atoms with van der Waals surface area (Å²) in [6.07, 6.45) is 4.37. The average molecular weight is 441 g/mol. The molecule has 1 amide bonds. The molecule has 0 N–H and O–H groups in total. The number of carbonyl (C=O) groups is 1. The van der Waals surface area contributed by atoms with E-state index in [4.69, 9.17) is 21.1 Å². The van der Waals surface area contributed by atoms with Gasteiger partial charge in [-0.05, 0) is 37.5 Å². The highest BCUT2D eigenvalue weighted by atomic mass is 35.5. The molecular weight excluding hydrogens is 416 g/mol. The Morgan fingerprint density at radius 2 is 2.03 bits per heavy atom. The van der Waals surface area contributed by atoms with E-state index in [1.165, 1.54) is 0 Å². The molecule has 1 fully saturated rings. The van der Waals surface area contributed by atoms with Gasteiger partial charge in [0.1, 0.15) is 0 Å². The zero-order chi connectivity index (χ0) is 22.0. The lowest BCUT2D eigenvalue weighted by Crippen LogP contribution is -2.32. The molecule has 0 saturated carbocycles. The molecule has 1 aliphatic rings. The number of rotatable bonds is 6. The number of anilines is 1. The van der Waals surface area contributed by atoms with Crippen molar-refractivity contribution in [1.29, 1.82) is 0 Å². The highest BCUT2D eigenvalue weighted by Gasteiger charge is 2.33. The first-order valence-corrected chi connectivity index (χ1v) is 10.7. The number of benzene rings is 1. The van der Waals surface area contributed by atoms with Gasteiger partial charge in [-0.25, -0.2) is 9.97 Å². The van der Waals surface area contributed by atoms with Gasteiger partial charge >= 0.3 is 0 Å². The third-order valence-corrected chi connectivity index (χ3v) is 5.62. The summed E-state index contributed by atoms with van der Waals surface area (Å²) < 4.78 is 5.15. The molecule has 1 aliphatic heterocycles. The van der Waals surface area contributed by atoms with E-state index in [0.29, 0.717) is 42.1 Å². The fraction of sp³-hybridized carbons (Fsp3) is 0.409. The van der Waals surface area contributed by atoms with Gasteiger partial charge in [0.25, 0.3) is 0 Å². The van der Waals surface area contributed by atoms with Crippen molar-refractivity contribution < 1.29 is 9.32 Å². The van der Waals surface area contributed by atoms with Gasteiger partial charge in [-0.1, -0.05) is 28.9 Å². The minimum Gasteiger partial charge on any atom is -0.347 e. The van der Waals surface area contributed by atoms with Crippen LogP contribution in [0.2, 0.25) is 5.02 Å². The Labute approximate surface area is 186 Å². The Bertz CT molecular complexity index is 1070. The van der Waals surface area contributed by atoms with E-state index < -0.39 is 0 Å². The highest BCUT2D eigenvalue weighted by Crippen LogP contribution is 2.37. The number of hydrogen-bond acceptors (Lipinski definition) is 7. The summed E-state index contributed by atoms with van der Waals surface area (Å²) in [6, 6.07) is 7.51. The van der Waals surface area contributed by atoms with Crippen LogP contribution < -0.4 is 4.90 Å². The summed E-state index contributed by atoms with van der Waals surface area (Å²) in [5, 5.41) is 4.46. The van der Waals surface area contributed by atoms with Crippen molar-refractivity contribution in [2.75, 3.05) is 25.5 Å². The Morgan fingerprint density at radius 1 is 1.26 bits per heavy atom. The number of hydrogen-bond donors (Lipinski definition) is 0. The molecule has 0 unspecified atom stereocenters. The molecule has 1 atom stereocenters. The van der Waals surface area contributed by atoms with E-state index in [0.717, 1.165) is 29.7 Å². The summed E-state index contributed by atoms with van der Waals surface area (Å²) in [7, 11) is 3.82. The second-order valence-electron chi connectivity index (χ2n) is 7.85. The maximum Gasteiger partial charge on any atom is 0.227 e. The molecule has 2 aromatic heterocycles. The van der Waals surface area contributed by atoms with Gasteiger partial charge in [0.15, 0.2) is 5.82 Å². The van der Waals surface area contributed by atoms with Crippen LogP contribution in [0.25, 0.3) is 11.1 Å². The van der Waals surface area contributed by atoms with Crippen molar-refractivity contribution in [3.05, 3.63) is 52.9 Å². The Hall–Kier alpha value is -3.00. The lowest BCUT2D eigenvalue weighted by molar-refractivity contribution is -0.132. The molecule has 0 spiro atoms. The van der Waals surface area contributed by atoms with Gasteiger partial charge < -0.3 is 14.3 Å². The third kappa shape index (κ3) is 4.69. The minimum absolute atomic E-state index is 0.0606. The zero-order valence-corrected chi connectivity index (χ0v) is 18.6. The standard InChI is InChI=1S/C22H25ClN6O2/c1-14-25-19(31-27-14)10-11-20(30)29-12-4-5-18(29)21-17(13-24-22(26-21)28(2)3)15-6-8-16(23)9-7-15/h6-9,13,18H,4-5,10-12H2,1-3H3/t18-/m0/s1. The van der Waals surface area contributed by atoms with E-state index in [-0.39, 0.29) is 11.9 Å². The van der Waals surface area contributed by atoms with Crippen LogP contribution in [0.5, 0.6) is 0 Å². The maximum absolute atomic E-state index is 13.1. The molecule has 3 aromatic rings. The first-order valence-electron chi connectivity index (χ1n) is 10.3. The number of halogens is 1. The summed E-state index contributed by atoms with van der Waals surface area (Å²) in [4.78, 5) is 30.4. The molecule has 4 rings (SSSR count). The molecule has 1 aromatic carbocycles. The first-order chi connectivity index (χ1) is 14.9. The molecule has 0 bridgehead atoms. The summed E-state index contributed by atoms with van der Waals surface area (Å²) in [5.74, 6) is 1.74. The van der Waals surface area contributed by atoms with Crippen LogP contribution in [0.4, 0.5) is 5.95 Å². The molecule has 9 heteroatoms. The second-order valence-corrected chi connectivity index (χ2v) is 8.29. The molecule has 1 saturated heterocycles. The molecule has 3 heterocycles. The smallest absolute Gasteiger partial charge is 0.227 e. The van der Waals surface area contributed by atoms with E-state index in [2.05, 4.69) is 15.1 Å². The third-order valence-electron chi connectivity index (χ3n) is 5.37. The van der Waals surface area contributed by atoms with E-state index in [1.807, 2.05) is 54.4 Å². The van der Waals surface area contributed by atoms with Crippen molar-refractivity contribution >= 4 is 23.5 Å². The van der Waals surface area contributed by atoms with Crippen molar-refractivity contribution in [3.63, 3.8) is 0 Å². The van der Waals surface area contributed by atoms with Crippen molar-refractivity contribution in [3.8, 4) is 11.1 Å². The number of likely N-dealkylation sites (tertiary alicyclic amines) is 1. The fourth-order valence-corrected chi connectivity index (χ4v) is 3.98. The number of amides is 1. The van der Waals surface area contributed by atoms with Crippen LogP contribution in [0.3, 0.4) is 0 Å². The fourth-order valence-electron chi connectivity index (χ4n) is 3.86. The Balaban J connectivity index is 1.63. The van der Waals surface area contributed by atoms with Crippen LogP contribution in [0.1, 0.15) is 42.7 Å². The van der Waals surface area contributed by atoms with Gasteiger partial charge in [0, 0.05) is 50.3 Å². The van der Waals surface area contributed by atoms with Crippen LogP contribution in [0, 0.1) is 6.92 Å². The Kier molecular flexibility index (Phi) is 6.18. The number of aryl methyl sites for hydroxylation is 2. The predicted molar refractivity (Wildman–Crippen MR) is 118 cm³/mol. The lowest BCUT2D eigenvalue weighted by Gasteiger charge is -2.27. The number of nitrogens with zero attached hydrogens (tertiary/aromatic N) is 6. The monoisotopic (exact) mass is 440 g/mol. The molecule has 162 valence electrons. The topological polar surface area (TPSA) is 88.3 Å². The predicted octanol–water partition coefficient (Wildman–Crippen LogP) is 3.85. The minimum atomic E-state index is -0.107. The molecule has 8 nitrogen and oxygen atoms in total. The number of carbonyl (C=O) groups excluding carboxylic acids is 1. The first kappa shape index (κ1) is 21.2. The molecule has 0 radical (unpaired) electrons. The quantitative estimate of drug-likeness (QED) is 0.575. The van der Waals surface area contributed by atoms with Gasteiger partial charge in [-0.15, -0.1) is 0 Å². The molecular formula is C22H25ClN6O2. The van der Waals surface area contributed by atoms with Gasteiger partial charge in [-0.2, -0.15) is 4.98 Å². The van der Waals surface area contributed by atoms with Crippen LogP contribution in [0.15, 0.2) is 35.0 Å². The van der Waals surface area contributed by atoms with Gasteiger partial charge in [-0.3, -0.25) is 4.79 Å². The summed E-state index contributed by atoms with van der Waals surface area (Å²) >= 11 is 6.08. The van der Waals surface area contributed by atoms with Crippen molar-refractivity contribution in [1.82, 2.24) is 25.0 Å². The van der Waals surface area contributed by atoms with Crippen LogP contribution in [-0.2, 0) is 11.2 Å². The second kappa shape index (κ2) is 9.01. The van der Waals surface area contributed by atoms with E-state index in [1.54, 1.807) is 6.92 Å². The lowest BCUT2D eigenvalue weighted by atomic mass is 9.99.